The molecule has 0 spiro atoms. The minimum Gasteiger partial charge on any atom is -0.476 e. The van der Waals surface area contributed by atoms with Crippen LogP contribution < -0.4 is 10.5 Å². The van der Waals surface area contributed by atoms with E-state index in [2.05, 4.69) is 52.8 Å². The lowest BCUT2D eigenvalue weighted by Gasteiger charge is -2.30. The minimum atomic E-state index is 0.182. The van der Waals surface area contributed by atoms with Gasteiger partial charge in [0.05, 0.1) is 6.20 Å². The molecule has 0 aromatic carbocycles. The fourth-order valence-corrected chi connectivity index (χ4v) is 2.30. The first-order chi connectivity index (χ1) is 9.49. The number of hydrogen-bond donors (Lipinski definition) is 2. The highest BCUT2D eigenvalue weighted by atomic mass is 16.5. The van der Waals surface area contributed by atoms with Gasteiger partial charge in [-0.25, -0.2) is 0 Å². The van der Waals surface area contributed by atoms with Crippen LogP contribution in [-0.4, -0.2) is 50.3 Å². The van der Waals surface area contributed by atoms with E-state index >= 15 is 0 Å². The number of nitrogens with two attached hydrogens (primary N) is 1. The second-order valence-electron chi connectivity index (χ2n) is 5.29. The molecule has 0 bridgehead atoms. The third-order valence-electron chi connectivity index (χ3n) is 3.21. The molecular weight excluding hydrogens is 256 g/mol. The molecule has 0 aliphatic heterocycles. The van der Waals surface area contributed by atoms with Crippen molar-refractivity contribution < 1.29 is 4.74 Å². The Labute approximate surface area is 118 Å². The molecule has 0 amide bonds. The number of aromatic nitrogens is 4. The fourth-order valence-electron chi connectivity index (χ4n) is 2.30. The third kappa shape index (κ3) is 3.16. The summed E-state index contributed by atoms with van der Waals surface area (Å²) in [6.45, 7) is 10.1. The Hall–Kier alpha value is -1.89. The maximum absolute atomic E-state index is 5.76. The van der Waals surface area contributed by atoms with Gasteiger partial charge in [-0.15, -0.1) is 0 Å². The Bertz CT molecular complexity index is 557. The van der Waals surface area contributed by atoms with Crippen LogP contribution in [0.15, 0.2) is 6.20 Å². The van der Waals surface area contributed by atoms with E-state index in [0.717, 1.165) is 11.9 Å². The first-order valence-corrected chi connectivity index (χ1v) is 6.84. The molecule has 0 saturated heterocycles. The first kappa shape index (κ1) is 14.5. The lowest BCUT2D eigenvalue weighted by Crippen LogP contribution is -2.39. The predicted molar refractivity (Wildman–Crippen MR) is 78.6 cm³/mol. The number of H-pyrrole nitrogens is 1. The van der Waals surface area contributed by atoms with E-state index < -0.39 is 0 Å². The van der Waals surface area contributed by atoms with Gasteiger partial charge in [0.15, 0.2) is 5.65 Å². The molecule has 0 fully saturated rings. The number of nitrogen functional groups attached to an aromatic ring is 1. The molecule has 2 aromatic heterocycles. The standard InChI is InChI=1S/C13H22N6O/c1-8(2)19(9(3)4)5-6-20-12-10-7-15-18-11(10)16-13(14)17-12/h7-9H,5-6H2,1-4H3,(H3,14,15,16,17,18). The fraction of sp³-hybridized carbons (Fsp3) is 0.615. The Kier molecular flexibility index (Phi) is 4.39. The Morgan fingerprint density at radius 3 is 2.60 bits per heavy atom. The molecule has 20 heavy (non-hydrogen) atoms. The third-order valence-corrected chi connectivity index (χ3v) is 3.21. The van der Waals surface area contributed by atoms with Gasteiger partial charge in [-0.2, -0.15) is 15.1 Å². The van der Waals surface area contributed by atoms with E-state index in [1.807, 2.05) is 0 Å². The van der Waals surface area contributed by atoms with Crippen molar-refractivity contribution >= 4 is 17.0 Å². The smallest absolute Gasteiger partial charge is 0.229 e. The van der Waals surface area contributed by atoms with E-state index in [1.165, 1.54) is 0 Å². The highest BCUT2D eigenvalue weighted by Crippen LogP contribution is 2.21. The average molecular weight is 278 g/mol. The topological polar surface area (TPSA) is 93.0 Å². The van der Waals surface area contributed by atoms with Crippen LogP contribution in [0.3, 0.4) is 0 Å². The normalized spacial score (nSPS) is 11.9. The van der Waals surface area contributed by atoms with Crippen LogP contribution in [-0.2, 0) is 0 Å². The number of rotatable bonds is 6. The van der Waals surface area contributed by atoms with Crippen molar-refractivity contribution in [2.75, 3.05) is 18.9 Å². The number of ether oxygens (including phenoxy) is 1. The van der Waals surface area contributed by atoms with Crippen LogP contribution in [0.1, 0.15) is 27.7 Å². The minimum absolute atomic E-state index is 0.182. The summed E-state index contributed by atoms with van der Waals surface area (Å²) in [4.78, 5) is 10.5. The van der Waals surface area contributed by atoms with E-state index in [-0.39, 0.29) is 5.95 Å². The largest absolute Gasteiger partial charge is 0.476 e. The molecule has 3 N–H and O–H groups in total. The molecule has 0 radical (unpaired) electrons. The van der Waals surface area contributed by atoms with Crippen LogP contribution in [0, 0.1) is 0 Å². The van der Waals surface area contributed by atoms with Crippen molar-refractivity contribution in [1.29, 1.82) is 0 Å². The van der Waals surface area contributed by atoms with E-state index in [0.29, 0.717) is 30.2 Å². The summed E-state index contributed by atoms with van der Waals surface area (Å²) in [5.74, 6) is 0.662. The summed E-state index contributed by atoms with van der Waals surface area (Å²) in [6, 6.07) is 0.950. The maximum Gasteiger partial charge on any atom is 0.229 e. The summed E-state index contributed by atoms with van der Waals surface area (Å²) in [7, 11) is 0. The molecule has 0 atom stereocenters. The van der Waals surface area contributed by atoms with Crippen LogP contribution in [0.5, 0.6) is 5.88 Å². The highest BCUT2D eigenvalue weighted by Gasteiger charge is 2.14. The van der Waals surface area contributed by atoms with Crippen molar-refractivity contribution in [3.8, 4) is 5.88 Å². The number of nitrogens with one attached hydrogen (secondary N) is 1. The summed E-state index contributed by atoms with van der Waals surface area (Å²) in [5.41, 5.74) is 6.25. The van der Waals surface area contributed by atoms with E-state index in [1.54, 1.807) is 6.20 Å². The van der Waals surface area contributed by atoms with Crippen molar-refractivity contribution in [1.82, 2.24) is 25.1 Å². The number of hydrogen-bond acceptors (Lipinski definition) is 6. The van der Waals surface area contributed by atoms with Crippen LogP contribution in [0.4, 0.5) is 5.95 Å². The number of fused-ring (bicyclic) bond motifs is 1. The molecule has 110 valence electrons. The second kappa shape index (κ2) is 6.04. The van der Waals surface area contributed by atoms with Crippen molar-refractivity contribution in [3.05, 3.63) is 6.20 Å². The Balaban J connectivity index is 2.04. The zero-order chi connectivity index (χ0) is 14.7. The molecule has 0 saturated carbocycles. The number of nitrogens with zero attached hydrogens (tertiary/aromatic N) is 4. The summed E-state index contributed by atoms with van der Waals surface area (Å²) in [6.07, 6.45) is 1.65. The van der Waals surface area contributed by atoms with Gasteiger partial charge in [0.25, 0.3) is 0 Å². The Morgan fingerprint density at radius 2 is 1.95 bits per heavy atom. The zero-order valence-corrected chi connectivity index (χ0v) is 12.4. The number of anilines is 1. The summed E-state index contributed by atoms with van der Waals surface area (Å²) in [5, 5.41) is 7.44. The van der Waals surface area contributed by atoms with Crippen LogP contribution in [0.2, 0.25) is 0 Å². The Morgan fingerprint density at radius 1 is 1.25 bits per heavy atom. The quantitative estimate of drug-likeness (QED) is 0.830. The van der Waals surface area contributed by atoms with Gasteiger partial charge in [0.2, 0.25) is 11.8 Å². The van der Waals surface area contributed by atoms with Gasteiger partial charge in [0.1, 0.15) is 12.0 Å². The molecule has 2 heterocycles. The summed E-state index contributed by atoms with van der Waals surface area (Å²) < 4.78 is 5.76. The van der Waals surface area contributed by atoms with Gasteiger partial charge in [-0.05, 0) is 27.7 Å². The zero-order valence-electron chi connectivity index (χ0n) is 12.4. The predicted octanol–water partition coefficient (Wildman–Crippen LogP) is 1.43. The molecule has 7 nitrogen and oxygen atoms in total. The van der Waals surface area contributed by atoms with Gasteiger partial charge in [-0.3, -0.25) is 10.00 Å². The summed E-state index contributed by atoms with van der Waals surface area (Å²) >= 11 is 0. The van der Waals surface area contributed by atoms with Crippen molar-refractivity contribution in [2.45, 2.75) is 39.8 Å². The van der Waals surface area contributed by atoms with Crippen molar-refractivity contribution in [2.24, 2.45) is 0 Å². The molecule has 0 aliphatic rings. The van der Waals surface area contributed by atoms with Crippen molar-refractivity contribution in [3.63, 3.8) is 0 Å². The lowest BCUT2D eigenvalue weighted by molar-refractivity contribution is 0.141. The van der Waals surface area contributed by atoms with Gasteiger partial charge in [-0.1, -0.05) is 0 Å². The molecule has 0 aliphatic carbocycles. The molecule has 2 rings (SSSR count). The van der Waals surface area contributed by atoms with E-state index in [9.17, 15) is 0 Å². The van der Waals surface area contributed by atoms with E-state index in [4.69, 9.17) is 10.5 Å². The average Bonchev–Trinajstić information content (AvgIpc) is 2.81. The van der Waals surface area contributed by atoms with Crippen LogP contribution >= 0.6 is 0 Å². The first-order valence-electron chi connectivity index (χ1n) is 6.84. The molecule has 0 unspecified atom stereocenters. The lowest BCUT2D eigenvalue weighted by atomic mass is 10.2. The SMILES string of the molecule is CC(C)N(CCOc1nc(N)nc2[nH]ncc12)C(C)C. The van der Waals surface area contributed by atoms with Gasteiger partial charge >= 0.3 is 0 Å². The van der Waals surface area contributed by atoms with Gasteiger partial charge < -0.3 is 10.5 Å². The van der Waals surface area contributed by atoms with Crippen LogP contribution in [0.25, 0.3) is 11.0 Å². The molecule has 2 aromatic rings. The monoisotopic (exact) mass is 278 g/mol. The molecular formula is C13H22N6O. The highest BCUT2D eigenvalue weighted by molar-refractivity contribution is 5.80. The maximum atomic E-state index is 5.76. The van der Waals surface area contributed by atoms with Gasteiger partial charge in [0, 0.05) is 18.6 Å². The second-order valence-corrected chi connectivity index (χ2v) is 5.29. The molecule has 7 heteroatoms. The number of aromatic amines is 1.